The maximum absolute atomic E-state index is 12.1. The number of hydrogen-bond donors (Lipinski definition) is 2. The van der Waals surface area contributed by atoms with Crippen molar-refractivity contribution in [3.05, 3.63) is 65.7 Å². The van der Waals surface area contributed by atoms with Gasteiger partial charge in [-0.05, 0) is 35.4 Å². The summed E-state index contributed by atoms with van der Waals surface area (Å²) in [5.41, 5.74) is 1.87. The van der Waals surface area contributed by atoms with Crippen LogP contribution in [0.15, 0.2) is 64.8 Å². The third-order valence-corrected chi connectivity index (χ3v) is 5.02. The molecule has 0 radical (unpaired) electrons. The first-order valence-corrected chi connectivity index (χ1v) is 9.55. The van der Waals surface area contributed by atoms with E-state index in [1.807, 2.05) is 54.6 Å². The van der Waals surface area contributed by atoms with Gasteiger partial charge in [-0.15, -0.1) is 5.10 Å². The molecule has 8 heteroatoms. The van der Waals surface area contributed by atoms with Crippen molar-refractivity contribution in [2.24, 2.45) is 10.2 Å². The van der Waals surface area contributed by atoms with Crippen LogP contribution in [0, 0.1) is 0 Å². The fourth-order valence-electron chi connectivity index (χ4n) is 2.46. The van der Waals surface area contributed by atoms with E-state index < -0.39 is 5.25 Å². The molecular formula is C20H20N4O3S. The molecule has 0 aromatic heterocycles. The Morgan fingerprint density at radius 3 is 2.68 bits per heavy atom. The Hall–Kier alpha value is -3.13. The van der Waals surface area contributed by atoms with Gasteiger partial charge in [-0.3, -0.25) is 9.59 Å². The van der Waals surface area contributed by atoms with Crippen molar-refractivity contribution in [1.82, 2.24) is 10.6 Å². The third kappa shape index (κ3) is 5.68. The van der Waals surface area contributed by atoms with Gasteiger partial charge < -0.3 is 15.4 Å². The van der Waals surface area contributed by atoms with Crippen LogP contribution in [0.2, 0.25) is 0 Å². The third-order valence-electron chi connectivity index (χ3n) is 3.95. The summed E-state index contributed by atoms with van der Waals surface area (Å²) in [6.45, 7) is 0.436. The van der Waals surface area contributed by atoms with E-state index in [1.54, 1.807) is 13.3 Å². The number of methoxy groups -OCH3 is 1. The summed E-state index contributed by atoms with van der Waals surface area (Å²) in [5.74, 6) is 0.341. The zero-order valence-corrected chi connectivity index (χ0v) is 16.1. The van der Waals surface area contributed by atoms with Crippen LogP contribution < -0.4 is 15.4 Å². The van der Waals surface area contributed by atoms with E-state index >= 15 is 0 Å². The lowest BCUT2D eigenvalue weighted by Gasteiger charge is -2.07. The molecule has 0 aliphatic carbocycles. The number of nitrogens with one attached hydrogen (secondary N) is 2. The Labute approximate surface area is 167 Å². The number of hydrogen-bond acceptors (Lipinski definition) is 6. The Kier molecular flexibility index (Phi) is 6.80. The molecule has 2 aromatic carbocycles. The van der Waals surface area contributed by atoms with E-state index in [2.05, 4.69) is 20.8 Å². The second kappa shape index (κ2) is 9.70. The molecule has 0 spiro atoms. The van der Waals surface area contributed by atoms with E-state index in [0.29, 0.717) is 11.7 Å². The largest absolute Gasteiger partial charge is 0.497 e. The molecule has 0 bridgehead atoms. The van der Waals surface area contributed by atoms with Crippen LogP contribution in [-0.4, -0.2) is 35.6 Å². The molecular weight excluding hydrogens is 376 g/mol. The van der Waals surface area contributed by atoms with E-state index in [0.717, 1.165) is 16.9 Å². The number of amides is 2. The molecule has 2 aromatic rings. The fraction of sp³-hybridized carbons (Fsp3) is 0.200. The molecule has 0 saturated carbocycles. The number of benzene rings is 2. The molecule has 3 rings (SSSR count). The highest BCUT2D eigenvalue weighted by Gasteiger charge is 2.32. The predicted octanol–water partition coefficient (Wildman–Crippen LogP) is 2.32. The van der Waals surface area contributed by atoms with E-state index in [9.17, 15) is 9.59 Å². The van der Waals surface area contributed by atoms with Gasteiger partial charge in [0.15, 0.2) is 5.17 Å². The fourth-order valence-corrected chi connectivity index (χ4v) is 3.39. The lowest BCUT2D eigenvalue weighted by Crippen LogP contribution is -2.31. The Morgan fingerprint density at radius 2 is 1.96 bits per heavy atom. The first kappa shape index (κ1) is 19.6. The monoisotopic (exact) mass is 396 g/mol. The molecule has 7 nitrogen and oxygen atoms in total. The minimum atomic E-state index is -0.509. The zero-order valence-electron chi connectivity index (χ0n) is 15.3. The topological polar surface area (TPSA) is 92.2 Å². The Balaban J connectivity index is 1.48. The van der Waals surface area contributed by atoms with Crippen LogP contribution in [-0.2, 0) is 16.1 Å². The zero-order chi connectivity index (χ0) is 19.8. The summed E-state index contributed by atoms with van der Waals surface area (Å²) in [7, 11) is 1.60. The molecule has 1 aliphatic heterocycles. The molecule has 1 heterocycles. The predicted molar refractivity (Wildman–Crippen MR) is 110 cm³/mol. The Morgan fingerprint density at radius 1 is 1.21 bits per heavy atom. The van der Waals surface area contributed by atoms with Crippen LogP contribution in [0.3, 0.4) is 0 Å². The van der Waals surface area contributed by atoms with Crippen molar-refractivity contribution >= 4 is 35.0 Å². The van der Waals surface area contributed by atoms with Crippen molar-refractivity contribution in [1.29, 1.82) is 0 Å². The number of thioether (sulfide) groups is 1. The molecule has 1 fully saturated rings. The molecule has 1 unspecified atom stereocenters. The number of nitrogens with zero attached hydrogens (tertiary/aromatic N) is 2. The summed E-state index contributed by atoms with van der Waals surface area (Å²) in [6, 6.07) is 17.0. The number of rotatable bonds is 7. The van der Waals surface area contributed by atoms with Gasteiger partial charge in [-0.2, -0.15) is 5.10 Å². The van der Waals surface area contributed by atoms with Crippen LogP contribution in [0.5, 0.6) is 5.75 Å². The lowest BCUT2D eigenvalue weighted by molar-refractivity contribution is -0.125. The average Bonchev–Trinajstić information content (AvgIpc) is 3.07. The van der Waals surface area contributed by atoms with E-state index in [1.165, 1.54) is 11.8 Å². The maximum Gasteiger partial charge on any atom is 0.240 e. The minimum absolute atomic E-state index is 0.0878. The number of carbonyl (C=O) groups is 2. The highest BCUT2D eigenvalue weighted by Crippen LogP contribution is 2.22. The SMILES string of the molecule is COc1ccc(/C=N/N=C2\NC(=O)C(CC(=O)NCc3ccccc3)S2)cc1. The number of amidine groups is 1. The highest BCUT2D eigenvalue weighted by atomic mass is 32.2. The summed E-state index contributed by atoms with van der Waals surface area (Å²) in [4.78, 5) is 24.1. The van der Waals surface area contributed by atoms with Gasteiger partial charge in [0.25, 0.3) is 0 Å². The van der Waals surface area contributed by atoms with Gasteiger partial charge >= 0.3 is 0 Å². The van der Waals surface area contributed by atoms with Crippen molar-refractivity contribution in [3.8, 4) is 5.75 Å². The standard InChI is InChI=1S/C20H20N4O3S/c1-27-16-9-7-15(8-10-16)13-22-24-20-23-19(26)17(28-20)11-18(25)21-12-14-5-3-2-4-6-14/h2-10,13,17H,11-12H2,1H3,(H,21,25)(H,23,24,26)/b22-13+. The molecule has 1 saturated heterocycles. The molecule has 1 atom stereocenters. The van der Waals surface area contributed by atoms with Gasteiger partial charge in [0.2, 0.25) is 11.8 Å². The van der Waals surface area contributed by atoms with Gasteiger partial charge in [0, 0.05) is 13.0 Å². The quantitative estimate of drug-likeness (QED) is 0.555. The minimum Gasteiger partial charge on any atom is -0.497 e. The second-order valence-corrected chi connectivity index (χ2v) is 7.18. The smallest absolute Gasteiger partial charge is 0.240 e. The van der Waals surface area contributed by atoms with E-state index in [4.69, 9.17) is 4.74 Å². The molecule has 28 heavy (non-hydrogen) atoms. The van der Waals surface area contributed by atoms with Gasteiger partial charge in [0.05, 0.1) is 13.3 Å². The van der Waals surface area contributed by atoms with Crippen LogP contribution >= 0.6 is 11.8 Å². The maximum atomic E-state index is 12.1. The van der Waals surface area contributed by atoms with Crippen molar-refractivity contribution in [2.75, 3.05) is 7.11 Å². The average molecular weight is 396 g/mol. The number of carbonyl (C=O) groups excluding carboxylic acids is 2. The summed E-state index contributed by atoms with van der Waals surface area (Å²) in [5, 5.41) is 13.4. The van der Waals surface area contributed by atoms with Gasteiger partial charge in [-0.1, -0.05) is 42.1 Å². The van der Waals surface area contributed by atoms with Crippen molar-refractivity contribution in [2.45, 2.75) is 18.2 Å². The molecule has 2 amide bonds. The summed E-state index contributed by atoms with van der Waals surface area (Å²) >= 11 is 1.20. The van der Waals surface area contributed by atoms with Crippen molar-refractivity contribution in [3.63, 3.8) is 0 Å². The van der Waals surface area contributed by atoms with E-state index in [-0.39, 0.29) is 18.2 Å². The lowest BCUT2D eigenvalue weighted by atomic mass is 10.2. The molecule has 2 N–H and O–H groups in total. The summed E-state index contributed by atoms with van der Waals surface area (Å²) in [6.07, 6.45) is 1.67. The molecule has 1 aliphatic rings. The van der Waals surface area contributed by atoms with Crippen LogP contribution in [0.1, 0.15) is 17.5 Å². The van der Waals surface area contributed by atoms with Crippen LogP contribution in [0.4, 0.5) is 0 Å². The van der Waals surface area contributed by atoms with Gasteiger partial charge in [-0.25, -0.2) is 0 Å². The Bertz CT molecular complexity index is 882. The highest BCUT2D eigenvalue weighted by molar-refractivity contribution is 8.15. The first-order valence-electron chi connectivity index (χ1n) is 8.67. The summed E-state index contributed by atoms with van der Waals surface area (Å²) < 4.78 is 5.10. The second-order valence-electron chi connectivity index (χ2n) is 5.99. The first-order chi connectivity index (χ1) is 13.6. The normalized spacial score (nSPS) is 17.7. The number of ether oxygens (including phenoxy) is 1. The van der Waals surface area contributed by atoms with Crippen LogP contribution in [0.25, 0.3) is 0 Å². The van der Waals surface area contributed by atoms with Crippen molar-refractivity contribution < 1.29 is 14.3 Å². The van der Waals surface area contributed by atoms with Gasteiger partial charge in [0.1, 0.15) is 11.0 Å². The molecule has 144 valence electrons.